The summed E-state index contributed by atoms with van der Waals surface area (Å²) in [4.78, 5) is 42.0. The number of nitrogens with zero attached hydrogens (tertiary/aromatic N) is 3. The normalized spacial score (nSPS) is 18.2. The number of hydrogen-bond acceptors (Lipinski definition) is 4. The van der Waals surface area contributed by atoms with E-state index in [0.717, 1.165) is 11.1 Å². The number of hydrogen-bond donors (Lipinski definition) is 0. The van der Waals surface area contributed by atoms with Crippen LogP contribution in [0.1, 0.15) is 30.1 Å². The fraction of sp³-hybridized carbons (Fsp3) is 0.429. The lowest BCUT2D eigenvalue weighted by Gasteiger charge is -2.27. The molecule has 0 bridgehead atoms. The smallest absolute Gasteiger partial charge is 0.257 e. The molecule has 3 amide bonds. The van der Waals surface area contributed by atoms with Crippen LogP contribution in [-0.4, -0.2) is 52.1 Å². The standard InChI is InChI=1S/C14H16FN3O3/c1-3-6-18(11-7-12(19)17(2)14(11)21)13(20)9-4-5-16-8-10(9)15/h4-5,8,11H,3,6-7H2,1-2H3/t11-/m0/s1. The molecule has 0 radical (unpaired) electrons. The highest BCUT2D eigenvalue weighted by Crippen LogP contribution is 2.20. The van der Waals surface area contributed by atoms with Crippen molar-refractivity contribution in [3.63, 3.8) is 0 Å². The molecule has 1 fully saturated rings. The van der Waals surface area contributed by atoms with Crippen LogP contribution in [-0.2, 0) is 9.59 Å². The van der Waals surface area contributed by atoms with Crippen molar-refractivity contribution >= 4 is 17.7 Å². The Morgan fingerprint density at radius 2 is 2.24 bits per heavy atom. The van der Waals surface area contributed by atoms with Crippen LogP contribution in [0.25, 0.3) is 0 Å². The lowest BCUT2D eigenvalue weighted by atomic mass is 10.1. The average molecular weight is 293 g/mol. The molecule has 0 aliphatic carbocycles. The Hall–Kier alpha value is -2.31. The van der Waals surface area contributed by atoms with E-state index in [0.29, 0.717) is 6.42 Å². The summed E-state index contributed by atoms with van der Waals surface area (Å²) in [6.07, 6.45) is 2.80. The van der Waals surface area contributed by atoms with Gasteiger partial charge in [-0.1, -0.05) is 6.92 Å². The van der Waals surface area contributed by atoms with E-state index < -0.39 is 23.7 Å². The Kier molecular flexibility index (Phi) is 4.30. The van der Waals surface area contributed by atoms with Crippen LogP contribution in [0.5, 0.6) is 0 Å². The van der Waals surface area contributed by atoms with Crippen molar-refractivity contribution in [2.24, 2.45) is 0 Å². The molecule has 0 unspecified atom stereocenters. The van der Waals surface area contributed by atoms with E-state index in [-0.39, 0.29) is 24.4 Å². The summed E-state index contributed by atoms with van der Waals surface area (Å²) in [6.45, 7) is 2.12. The van der Waals surface area contributed by atoms with Gasteiger partial charge in [-0.15, -0.1) is 0 Å². The van der Waals surface area contributed by atoms with Crippen LogP contribution in [0.2, 0.25) is 0 Å². The zero-order valence-corrected chi connectivity index (χ0v) is 11.9. The first kappa shape index (κ1) is 15.1. The number of likely N-dealkylation sites (tertiary alicyclic amines) is 1. The van der Waals surface area contributed by atoms with Gasteiger partial charge in [0.25, 0.3) is 11.8 Å². The topological polar surface area (TPSA) is 70.6 Å². The van der Waals surface area contributed by atoms with E-state index in [2.05, 4.69) is 4.98 Å². The van der Waals surface area contributed by atoms with Crippen molar-refractivity contribution in [2.75, 3.05) is 13.6 Å². The zero-order valence-electron chi connectivity index (χ0n) is 11.9. The number of carbonyl (C=O) groups excluding carboxylic acids is 3. The Morgan fingerprint density at radius 1 is 1.52 bits per heavy atom. The Balaban J connectivity index is 2.32. The Morgan fingerprint density at radius 3 is 2.76 bits per heavy atom. The van der Waals surface area contributed by atoms with Crippen LogP contribution >= 0.6 is 0 Å². The van der Waals surface area contributed by atoms with E-state index in [1.165, 1.54) is 24.2 Å². The lowest BCUT2D eigenvalue weighted by Crippen LogP contribution is -2.45. The number of likely N-dealkylation sites (N-methyl/N-ethyl adjacent to an activating group) is 1. The summed E-state index contributed by atoms with van der Waals surface area (Å²) >= 11 is 0. The summed E-state index contributed by atoms with van der Waals surface area (Å²) in [5.74, 6) is -2.11. The second-order valence-corrected chi connectivity index (χ2v) is 4.86. The second kappa shape index (κ2) is 5.99. The number of carbonyl (C=O) groups is 3. The van der Waals surface area contributed by atoms with Gasteiger partial charge in [0.15, 0.2) is 5.82 Å². The van der Waals surface area contributed by atoms with Crippen LogP contribution < -0.4 is 0 Å². The van der Waals surface area contributed by atoms with Gasteiger partial charge < -0.3 is 4.90 Å². The first-order chi connectivity index (χ1) is 9.97. The Labute approximate surface area is 121 Å². The van der Waals surface area contributed by atoms with Crippen molar-refractivity contribution in [1.82, 2.24) is 14.8 Å². The molecule has 6 nitrogen and oxygen atoms in total. The van der Waals surface area contributed by atoms with E-state index >= 15 is 0 Å². The van der Waals surface area contributed by atoms with Crippen LogP contribution in [0.4, 0.5) is 4.39 Å². The number of imide groups is 1. The molecule has 0 N–H and O–H groups in total. The Bertz CT molecular complexity index is 591. The van der Waals surface area contributed by atoms with Gasteiger partial charge in [-0.2, -0.15) is 0 Å². The van der Waals surface area contributed by atoms with Crippen molar-refractivity contribution in [3.8, 4) is 0 Å². The first-order valence-electron chi connectivity index (χ1n) is 6.68. The molecule has 112 valence electrons. The molecule has 1 atom stereocenters. The van der Waals surface area contributed by atoms with Gasteiger partial charge in [0, 0.05) is 19.8 Å². The quantitative estimate of drug-likeness (QED) is 0.771. The van der Waals surface area contributed by atoms with Gasteiger partial charge in [0.1, 0.15) is 6.04 Å². The van der Waals surface area contributed by atoms with E-state index in [4.69, 9.17) is 0 Å². The molecule has 1 aliphatic rings. The molecule has 2 heterocycles. The van der Waals surface area contributed by atoms with Crippen molar-refractivity contribution in [2.45, 2.75) is 25.8 Å². The van der Waals surface area contributed by atoms with E-state index in [1.807, 2.05) is 6.92 Å². The number of rotatable bonds is 4. The highest BCUT2D eigenvalue weighted by molar-refractivity contribution is 6.08. The maximum absolute atomic E-state index is 13.7. The molecule has 1 aromatic heterocycles. The van der Waals surface area contributed by atoms with Gasteiger partial charge in [0.2, 0.25) is 5.91 Å². The summed E-state index contributed by atoms with van der Waals surface area (Å²) < 4.78 is 13.7. The third-order valence-electron chi connectivity index (χ3n) is 3.46. The summed E-state index contributed by atoms with van der Waals surface area (Å²) in [7, 11) is 1.38. The van der Waals surface area contributed by atoms with Crippen LogP contribution in [0.15, 0.2) is 18.5 Å². The molecular formula is C14H16FN3O3. The van der Waals surface area contributed by atoms with Gasteiger partial charge in [-0.05, 0) is 12.5 Å². The minimum Gasteiger partial charge on any atom is -0.326 e. The third kappa shape index (κ3) is 2.76. The van der Waals surface area contributed by atoms with Gasteiger partial charge in [-0.3, -0.25) is 24.3 Å². The number of aromatic nitrogens is 1. The minimum atomic E-state index is -0.859. The fourth-order valence-electron chi connectivity index (χ4n) is 2.32. The van der Waals surface area contributed by atoms with Gasteiger partial charge in [-0.25, -0.2) is 4.39 Å². The largest absolute Gasteiger partial charge is 0.326 e. The van der Waals surface area contributed by atoms with Gasteiger partial charge in [0.05, 0.1) is 18.2 Å². The van der Waals surface area contributed by atoms with Crippen molar-refractivity contribution < 1.29 is 18.8 Å². The SMILES string of the molecule is CCCN(C(=O)c1ccncc1F)[C@H]1CC(=O)N(C)C1=O. The third-order valence-corrected chi connectivity index (χ3v) is 3.46. The molecule has 0 aromatic carbocycles. The summed E-state index contributed by atoms with van der Waals surface area (Å²) in [6, 6.07) is 0.410. The molecule has 1 aliphatic heterocycles. The second-order valence-electron chi connectivity index (χ2n) is 4.86. The fourth-order valence-corrected chi connectivity index (χ4v) is 2.32. The predicted octanol–water partition coefficient (Wildman–Crippen LogP) is 0.830. The zero-order chi connectivity index (χ0) is 15.6. The summed E-state index contributed by atoms with van der Waals surface area (Å²) in [5, 5.41) is 0. The number of amides is 3. The molecule has 1 aromatic rings. The summed E-state index contributed by atoms with van der Waals surface area (Å²) in [5.41, 5.74) is -0.145. The number of pyridine rings is 1. The molecule has 2 rings (SSSR count). The lowest BCUT2D eigenvalue weighted by molar-refractivity contribution is -0.137. The molecular weight excluding hydrogens is 277 g/mol. The number of halogens is 1. The van der Waals surface area contributed by atoms with Gasteiger partial charge >= 0.3 is 0 Å². The maximum atomic E-state index is 13.7. The van der Waals surface area contributed by atoms with Crippen LogP contribution in [0.3, 0.4) is 0 Å². The van der Waals surface area contributed by atoms with E-state index in [9.17, 15) is 18.8 Å². The minimum absolute atomic E-state index is 0.0617. The predicted molar refractivity (Wildman–Crippen MR) is 71.7 cm³/mol. The molecule has 0 saturated carbocycles. The van der Waals surface area contributed by atoms with Crippen molar-refractivity contribution in [3.05, 3.63) is 29.8 Å². The van der Waals surface area contributed by atoms with E-state index in [1.54, 1.807) is 0 Å². The monoisotopic (exact) mass is 293 g/mol. The first-order valence-corrected chi connectivity index (χ1v) is 6.68. The molecule has 1 saturated heterocycles. The van der Waals surface area contributed by atoms with Crippen LogP contribution in [0, 0.1) is 5.82 Å². The molecule has 21 heavy (non-hydrogen) atoms. The maximum Gasteiger partial charge on any atom is 0.257 e. The average Bonchev–Trinajstić information content (AvgIpc) is 2.72. The molecule has 7 heteroatoms. The highest BCUT2D eigenvalue weighted by atomic mass is 19.1. The highest BCUT2D eigenvalue weighted by Gasteiger charge is 2.41. The van der Waals surface area contributed by atoms with Crippen molar-refractivity contribution in [1.29, 1.82) is 0 Å². The molecule has 0 spiro atoms.